The van der Waals surface area contributed by atoms with Crippen LogP contribution in [0.3, 0.4) is 0 Å². The van der Waals surface area contributed by atoms with Gasteiger partial charge in [-0.15, -0.1) is 0 Å². The van der Waals surface area contributed by atoms with Crippen LogP contribution in [0.4, 0.5) is 8.78 Å². The zero-order valence-corrected chi connectivity index (χ0v) is 22.9. The highest BCUT2D eigenvalue weighted by molar-refractivity contribution is 6.03. The summed E-state index contributed by atoms with van der Waals surface area (Å²) in [6.45, 7) is 3.12. The number of hydrazone groups is 1. The molecule has 0 unspecified atom stereocenters. The predicted octanol–water partition coefficient (Wildman–Crippen LogP) is 3.85. The average molecular weight is 577 g/mol. The summed E-state index contributed by atoms with van der Waals surface area (Å²) in [4.78, 5) is 31.0. The summed E-state index contributed by atoms with van der Waals surface area (Å²) in [6, 6.07) is 16.6. The van der Waals surface area contributed by atoms with E-state index >= 15 is 0 Å². The van der Waals surface area contributed by atoms with Crippen molar-refractivity contribution in [3.05, 3.63) is 95.1 Å². The lowest BCUT2D eigenvalue weighted by Gasteiger charge is -2.31. The van der Waals surface area contributed by atoms with E-state index < -0.39 is 23.7 Å². The third-order valence-electron chi connectivity index (χ3n) is 7.63. The van der Waals surface area contributed by atoms with Crippen molar-refractivity contribution in [3.8, 4) is 11.5 Å². The summed E-state index contributed by atoms with van der Waals surface area (Å²) in [5.74, 6) is -0.851. The molecule has 3 aliphatic rings. The zero-order valence-electron chi connectivity index (χ0n) is 22.9. The first kappa shape index (κ1) is 27.8. The number of morpholine rings is 1. The first-order valence-corrected chi connectivity index (χ1v) is 13.9. The number of hydrogen-bond donors (Lipinski definition) is 0. The molecule has 0 saturated carbocycles. The van der Waals surface area contributed by atoms with Gasteiger partial charge in [-0.1, -0.05) is 30.3 Å². The summed E-state index contributed by atoms with van der Waals surface area (Å²) in [5, 5.41) is 6.03. The van der Waals surface area contributed by atoms with E-state index in [2.05, 4.69) is 10.0 Å². The van der Waals surface area contributed by atoms with Gasteiger partial charge in [0.05, 0.1) is 30.5 Å². The van der Waals surface area contributed by atoms with Crippen LogP contribution in [0, 0.1) is 11.6 Å². The van der Waals surface area contributed by atoms with Crippen molar-refractivity contribution in [2.45, 2.75) is 12.5 Å². The van der Waals surface area contributed by atoms with Gasteiger partial charge in [-0.05, 0) is 47.5 Å². The number of ether oxygens (including phenoxy) is 3. The van der Waals surface area contributed by atoms with Crippen molar-refractivity contribution < 1.29 is 32.6 Å². The number of benzene rings is 3. The second kappa shape index (κ2) is 12.3. The monoisotopic (exact) mass is 576 g/mol. The standard InChI is InChI=1S/C31H30F2N4O5/c32-23-8-5-21(6-9-23)26-18-27(22-7-10-28-29(17-22)42-20-41-28)37(34-26)30(38)19-36(12-11-35-13-15-40-16-14-35)31(39)24-3-1-2-4-25(24)33/h1-10,17,27H,11-16,18-20H2/t27-/m0/s1. The van der Waals surface area contributed by atoms with Crippen molar-refractivity contribution in [1.29, 1.82) is 0 Å². The van der Waals surface area contributed by atoms with Crippen LogP contribution in [-0.2, 0) is 9.53 Å². The lowest BCUT2D eigenvalue weighted by atomic mass is 9.98. The summed E-state index contributed by atoms with van der Waals surface area (Å²) < 4.78 is 44.7. The van der Waals surface area contributed by atoms with Crippen molar-refractivity contribution in [2.24, 2.45) is 5.10 Å². The van der Waals surface area contributed by atoms with Gasteiger partial charge in [0.1, 0.15) is 18.2 Å². The molecule has 2 amide bonds. The molecule has 3 aliphatic heterocycles. The third-order valence-corrected chi connectivity index (χ3v) is 7.63. The highest BCUT2D eigenvalue weighted by Gasteiger charge is 2.36. The van der Waals surface area contributed by atoms with E-state index in [1.807, 2.05) is 12.1 Å². The smallest absolute Gasteiger partial charge is 0.262 e. The molecule has 1 saturated heterocycles. The van der Waals surface area contributed by atoms with Gasteiger partial charge in [-0.3, -0.25) is 14.5 Å². The zero-order chi connectivity index (χ0) is 29.1. The quantitative estimate of drug-likeness (QED) is 0.405. The summed E-state index contributed by atoms with van der Waals surface area (Å²) in [7, 11) is 0. The number of amides is 2. The molecule has 1 fully saturated rings. The van der Waals surface area contributed by atoms with E-state index in [0.29, 0.717) is 62.0 Å². The molecular weight excluding hydrogens is 546 g/mol. The minimum absolute atomic E-state index is 0.100. The van der Waals surface area contributed by atoms with Crippen molar-refractivity contribution in [3.63, 3.8) is 0 Å². The van der Waals surface area contributed by atoms with Crippen LogP contribution in [0.2, 0.25) is 0 Å². The highest BCUT2D eigenvalue weighted by atomic mass is 19.1. The van der Waals surface area contributed by atoms with E-state index in [4.69, 9.17) is 14.2 Å². The number of carbonyl (C=O) groups is 2. The fraction of sp³-hybridized carbons (Fsp3) is 0.323. The molecule has 11 heteroatoms. The maximum absolute atomic E-state index is 14.7. The van der Waals surface area contributed by atoms with Crippen LogP contribution in [0.25, 0.3) is 0 Å². The molecule has 3 aromatic carbocycles. The van der Waals surface area contributed by atoms with E-state index in [-0.39, 0.29) is 31.3 Å². The highest BCUT2D eigenvalue weighted by Crippen LogP contribution is 2.39. The van der Waals surface area contributed by atoms with Crippen LogP contribution in [-0.4, -0.2) is 85.1 Å². The van der Waals surface area contributed by atoms with Gasteiger partial charge >= 0.3 is 0 Å². The van der Waals surface area contributed by atoms with Gasteiger partial charge < -0.3 is 19.1 Å². The van der Waals surface area contributed by atoms with E-state index in [9.17, 15) is 18.4 Å². The molecule has 1 atom stereocenters. The van der Waals surface area contributed by atoms with Gasteiger partial charge in [0.2, 0.25) is 6.79 Å². The minimum Gasteiger partial charge on any atom is -0.454 e. The second-order valence-electron chi connectivity index (χ2n) is 10.3. The summed E-state index contributed by atoms with van der Waals surface area (Å²) >= 11 is 0. The summed E-state index contributed by atoms with van der Waals surface area (Å²) in [6.07, 6.45) is 0.367. The average Bonchev–Trinajstić information content (AvgIpc) is 3.67. The Kier molecular flexibility index (Phi) is 8.11. The molecule has 9 nitrogen and oxygen atoms in total. The third kappa shape index (κ3) is 5.97. The van der Waals surface area contributed by atoms with Crippen molar-refractivity contribution >= 4 is 17.5 Å². The molecule has 0 N–H and O–H groups in total. The lowest BCUT2D eigenvalue weighted by molar-refractivity contribution is -0.133. The molecule has 3 heterocycles. The maximum Gasteiger partial charge on any atom is 0.262 e. The predicted molar refractivity (Wildman–Crippen MR) is 149 cm³/mol. The number of rotatable bonds is 8. The van der Waals surface area contributed by atoms with Crippen LogP contribution in [0.1, 0.15) is 33.9 Å². The van der Waals surface area contributed by atoms with Crippen molar-refractivity contribution in [2.75, 3.05) is 52.7 Å². The Bertz CT molecular complexity index is 1490. The number of hydrogen-bond acceptors (Lipinski definition) is 7. The Morgan fingerprint density at radius 2 is 1.71 bits per heavy atom. The Labute approximate surface area is 241 Å². The van der Waals surface area contributed by atoms with Crippen molar-refractivity contribution in [1.82, 2.24) is 14.8 Å². The number of carbonyl (C=O) groups excluding carboxylic acids is 2. The van der Waals surface area contributed by atoms with Crippen LogP contribution in [0.5, 0.6) is 11.5 Å². The second-order valence-corrected chi connectivity index (χ2v) is 10.3. The van der Waals surface area contributed by atoms with E-state index in [1.54, 1.807) is 24.3 Å². The first-order chi connectivity index (χ1) is 20.5. The van der Waals surface area contributed by atoms with Gasteiger partial charge in [0.15, 0.2) is 11.5 Å². The Hall–Kier alpha value is -4.35. The SMILES string of the molecule is O=C(c1ccccc1F)N(CCN1CCOCC1)CC(=O)N1N=C(c2ccc(F)cc2)C[C@H]1c1ccc2c(c1)OCO2. The normalized spacial score (nSPS) is 18.2. The molecule has 218 valence electrons. The van der Waals surface area contributed by atoms with E-state index in [0.717, 1.165) is 5.56 Å². The number of nitrogens with zero attached hydrogens (tertiary/aromatic N) is 4. The fourth-order valence-electron chi connectivity index (χ4n) is 5.32. The maximum atomic E-state index is 14.7. The van der Waals surface area contributed by atoms with Gasteiger partial charge in [-0.2, -0.15) is 5.10 Å². The molecule has 0 radical (unpaired) electrons. The lowest BCUT2D eigenvalue weighted by Crippen LogP contribution is -2.46. The van der Waals surface area contributed by atoms with Gasteiger partial charge in [0.25, 0.3) is 11.8 Å². The van der Waals surface area contributed by atoms with Crippen LogP contribution in [0.15, 0.2) is 71.8 Å². The van der Waals surface area contributed by atoms with Crippen LogP contribution < -0.4 is 9.47 Å². The largest absolute Gasteiger partial charge is 0.454 e. The fourth-order valence-corrected chi connectivity index (χ4v) is 5.32. The molecular formula is C31H30F2N4O5. The topological polar surface area (TPSA) is 83.9 Å². The Morgan fingerprint density at radius 3 is 2.50 bits per heavy atom. The Balaban J connectivity index is 1.28. The first-order valence-electron chi connectivity index (χ1n) is 13.9. The number of fused-ring (bicyclic) bond motifs is 1. The molecule has 3 aromatic rings. The molecule has 6 rings (SSSR count). The molecule has 0 spiro atoms. The molecule has 0 aliphatic carbocycles. The minimum atomic E-state index is -0.651. The van der Waals surface area contributed by atoms with E-state index in [1.165, 1.54) is 40.2 Å². The molecule has 0 aromatic heterocycles. The number of halogens is 2. The molecule has 42 heavy (non-hydrogen) atoms. The van der Waals surface area contributed by atoms with Gasteiger partial charge in [0, 0.05) is 32.6 Å². The Morgan fingerprint density at radius 1 is 0.952 bits per heavy atom. The van der Waals surface area contributed by atoms with Gasteiger partial charge in [-0.25, -0.2) is 13.8 Å². The molecule has 0 bridgehead atoms. The summed E-state index contributed by atoms with van der Waals surface area (Å²) in [5.41, 5.74) is 1.96. The van der Waals surface area contributed by atoms with Crippen LogP contribution >= 0.6 is 0 Å².